The van der Waals surface area contributed by atoms with Crippen molar-refractivity contribution < 1.29 is 14.6 Å². The minimum Gasteiger partial charge on any atom is -0.496 e. The van der Waals surface area contributed by atoms with E-state index in [4.69, 9.17) is 4.74 Å². The third-order valence-corrected chi connectivity index (χ3v) is 4.46. The Balaban J connectivity index is 2.18. The van der Waals surface area contributed by atoms with Gasteiger partial charge in [-0.15, -0.1) is 0 Å². The van der Waals surface area contributed by atoms with E-state index in [1.165, 1.54) is 0 Å². The number of para-hydroxylation sites is 1. The molecular formula is C18H28N2O3. The highest BCUT2D eigenvalue weighted by molar-refractivity contribution is 5.82. The molecular weight excluding hydrogens is 292 g/mol. The molecule has 0 radical (unpaired) electrons. The Hall–Kier alpha value is -1.59. The fraction of sp³-hybridized carbons (Fsp3) is 0.611. The number of carbonyl (C=O) groups excluding carboxylic acids is 1. The lowest BCUT2D eigenvalue weighted by Crippen LogP contribution is -2.54. The van der Waals surface area contributed by atoms with Crippen LogP contribution in [-0.2, 0) is 11.3 Å². The summed E-state index contributed by atoms with van der Waals surface area (Å²) in [4.78, 5) is 16.8. The summed E-state index contributed by atoms with van der Waals surface area (Å²) in [6.07, 6.45) is 1.85. The van der Waals surface area contributed by atoms with Crippen LogP contribution in [0.2, 0.25) is 0 Å². The Morgan fingerprint density at radius 1 is 1.39 bits per heavy atom. The van der Waals surface area contributed by atoms with Crippen molar-refractivity contribution in [2.75, 3.05) is 26.8 Å². The van der Waals surface area contributed by atoms with Gasteiger partial charge >= 0.3 is 0 Å². The molecule has 1 fully saturated rings. The Morgan fingerprint density at radius 3 is 2.78 bits per heavy atom. The van der Waals surface area contributed by atoms with Crippen molar-refractivity contribution in [3.05, 3.63) is 29.8 Å². The van der Waals surface area contributed by atoms with Crippen LogP contribution < -0.4 is 4.74 Å². The first kappa shape index (κ1) is 17.8. The summed E-state index contributed by atoms with van der Waals surface area (Å²) in [6.45, 7) is 6.07. The smallest absolute Gasteiger partial charge is 0.240 e. The maximum absolute atomic E-state index is 12.8. The molecule has 5 nitrogen and oxygen atoms in total. The lowest BCUT2D eigenvalue weighted by molar-refractivity contribution is -0.142. The van der Waals surface area contributed by atoms with Crippen LogP contribution in [0.4, 0.5) is 0 Å². The molecule has 0 aliphatic carbocycles. The summed E-state index contributed by atoms with van der Waals surface area (Å²) in [5.74, 6) is 0.994. The van der Waals surface area contributed by atoms with Crippen molar-refractivity contribution in [3.8, 4) is 5.75 Å². The molecule has 1 aliphatic rings. The monoisotopic (exact) mass is 320 g/mol. The maximum Gasteiger partial charge on any atom is 0.240 e. The van der Waals surface area contributed by atoms with Gasteiger partial charge in [0.05, 0.1) is 19.8 Å². The molecule has 2 rings (SSSR count). The lowest BCUT2D eigenvalue weighted by Gasteiger charge is -2.40. The Kier molecular flexibility index (Phi) is 6.42. The van der Waals surface area contributed by atoms with Crippen molar-refractivity contribution >= 4 is 5.91 Å². The average Bonchev–Trinajstić information content (AvgIpc) is 2.55. The number of ether oxygens (including phenoxy) is 1. The highest BCUT2D eigenvalue weighted by atomic mass is 16.5. The summed E-state index contributed by atoms with van der Waals surface area (Å²) >= 11 is 0. The van der Waals surface area contributed by atoms with Crippen LogP contribution >= 0.6 is 0 Å². The van der Waals surface area contributed by atoms with Crippen LogP contribution in [0.3, 0.4) is 0 Å². The zero-order valence-electron chi connectivity index (χ0n) is 14.4. The molecule has 1 saturated heterocycles. The standard InChI is InChI=1S/C18H28N2O3/c1-14(2)20-10-6-8-16(18(20)22)19(11-12-21)13-15-7-4-5-9-17(15)23-3/h4-5,7,9,14,16,21H,6,8,10-13H2,1-3H3/t16-/m0/s1. The van der Waals surface area contributed by atoms with Gasteiger partial charge in [-0.1, -0.05) is 18.2 Å². The van der Waals surface area contributed by atoms with Gasteiger partial charge in [-0.3, -0.25) is 9.69 Å². The number of carbonyl (C=O) groups is 1. The van der Waals surface area contributed by atoms with Gasteiger partial charge in [-0.05, 0) is 32.8 Å². The molecule has 128 valence electrons. The van der Waals surface area contributed by atoms with E-state index in [1.54, 1.807) is 7.11 Å². The number of nitrogens with zero attached hydrogens (tertiary/aromatic N) is 2. The maximum atomic E-state index is 12.8. The summed E-state index contributed by atoms with van der Waals surface area (Å²) in [6, 6.07) is 7.89. The quantitative estimate of drug-likeness (QED) is 0.833. The molecule has 1 aromatic rings. The van der Waals surface area contributed by atoms with Crippen molar-refractivity contribution in [1.29, 1.82) is 0 Å². The fourth-order valence-corrected chi connectivity index (χ4v) is 3.26. The Morgan fingerprint density at radius 2 is 2.13 bits per heavy atom. The van der Waals surface area contributed by atoms with Crippen LogP contribution in [-0.4, -0.2) is 59.7 Å². The number of aliphatic hydroxyl groups excluding tert-OH is 1. The van der Waals surface area contributed by atoms with E-state index in [2.05, 4.69) is 18.7 Å². The van der Waals surface area contributed by atoms with Crippen LogP contribution in [0.5, 0.6) is 5.75 Å². The molecule has 1 aliphatic heterocycles. The van der Waals surface area contributed by atoms with Gasteiger partial charge < -0.3 is 14.7 Å². The topological polar surface area (TPSA) is 53.0 Å². The number of benzene rings is 1. The van der Waals surface area contributed by atoms with E-state index in [-0.39, 0.29) is 24.6 Å². The second-order valence-corrected chi connectivity index (χ2v) is 6.29. The fourth-order valence-electron chi connectivity index (χ4n) is 3.26. The predicted molar refractivity (Wildman–Crippen MR) is 90.4 cm³/mol. The normalized spacial score (nSPS) is 18.8. The number of piperidine rings is 1. The molecule has 0 bridgehead atoms. The summed E-state index contributed by atoms with van der Waals surface area (Å²) in [5, 5.41) is 9.44. The second-order valence-electron chi connectivity index (χ2n) is 6.29. The molecule has 0 aromatic heterocycles. The molecule has 1 atom stereocenters. The SMILES string of the molecule is COc1ccccc1CN(CCO)[C@H]1CCCN(C(C)C)C1=O. The summed E-state index contributed by atoms with van der Waals surface area (Å²) < 4.78 is 5.41. The molecule has 0 saturated carbocycles. The van der Waals surface area contributed by atoms with E-state index < -0.39 is 0 Å². The van der Waals surface area contributed by atoms with Gasteiger partial charge in [0.15, 0.2) is 0 Å². The Bertz CT molecular complexity index is 519. The first-order valence-electron chi connectivity index (χ1n) is 8.35. The number of hydrogen-bond acceptors (Lipinski definition) is 4. The Labute approximate surface area is 138 Å². The van der Waals surface area contributed by atoms with E-state index in [0.29, 0.717) is 13.1 Å². The number of likely N-dealkylation sites (tertiary alicyclic amines) is 1. The molecule has 0 spiro atoms. The zero-order valence-corrected chi connectivity index (χ0v) is 14.4. The van der Waals surface area contributed by atoms with E-state index in [0.717, 1.165) is 30.7 Å². The van der Waals surface area contributed by atoms with Gasteiger partial charge in [0, 0.05) is 31.2 Å². The van der Waals surface area contributed by atoms with Crippen molar-refractivity contribution in [3.63, 3.8) is 0 Å². The van der Waals surface area contributed by atoms with Crippen molar-refractivity contribution in [2.24, 2.45) is 0 Å². The van der Waals surface area contributed by atoms with Crippen molar-refractivity contribution in [1.82, 2.24) is 9.80 Å². The van der Waals surface area contributed by atoms with Crippen molar-refractivity contribution in [2.45, 2.75) is 45.3 Å². The highest BCUT2D eigenvalue weighted by Crippen LogP contribution is 2.24. The summed E-state index contributed by atoms with van der Waals surface area (Å²) in [5.41, 5.74) is 1.04. The van der Waals surface area contributed by atoms with Gasteiger partial charge in [0.25, 0.3) is 0 Å². The minimum atomic E-state index is -0.164. The summed E-state index contributed by atoms with van der Waals surface area (Å²) in [7, 11) is 1.65. The molecule has 0 unspecified atom stereocenters. The van der Waals surface area contributed by atoms with Crippen LogP contribution in [0.1, 0.15) is 32.3 Å². The van der Waals surface area contributed by atoms with Gasteiger partial charge in [-0.25, -0.2) is 0 Å². The lowest BCUT2D eigenvalue weighted by atomic mass is 10.0. The van der Waals surface area contributed by atoms with Gasteiger partial charge in [0.1, 0.15) is 5.75 Å². The first-order chi connectivity index (χ1) is 11.1. The molecule has 1 amide bonds. The van der Waals surface area contributed by atoms with E-state index >= 15 is 0 Å². The van der Waals surface area contributed by atoms with E-state index in [1.807, 2.05) is 29.2 Å². The first-order valence-corrected chi connectivity index (χ1v) is 8.35. The molecule has 5 heteroatoms. The minimum absolute atomic E-state index is 0.0423. The number of hydrogen-bond donors (Lipinski definition) is 1. The molecule has 1 N–H and O–H groups in total. The van der Waals surface area contributed by atoms with Crippen LogP contribution in [0.25, 0.3) is 0 Å². The molecule has 23 heavy (non-hydrogen) atoms. The number of rotatable bonds is 7. The number of methoxy groups -OCH3 is 1. The molecule has 1 aromatic carbocycles. The number of amides is 1. The van der Waals surface area contributed by atoms with Crippen LogP contribution in [0, 0.1) is 0 Å². The van der Waals surface area contributed by atoms with Gasteiger partial charge in [0.2, 0.25) is 5.91 Å². The van der Waals surface area contributed by atoms with Crippen LogP contribution in [0.15, 0.2) is 24.3 Å². The average molecular weight is 320 g/mol. The largest absolute Gasteiger partial charge is 0.496 e. The number of aliphatic hydroxyl groups is 1. The molecule has 1 heterocycles. The third-order valence-electron chi connectivity index (χ3n) is 4.46. The predicted octanol–water partition coefficient (Wildman–Crippen LogP) is 1.89. The third kappa shape index (κ3) is 4.24. The van der Waals surface area contributed by atoms with Gasteiger partial charge in [-0.2, -0.15) is 0 Å². The highest BCUT2D eigenvalue weighted by Gasteiger charge is 2.34. The zero-order chi connectivity index (χ0) is 16.8. The second kappa shape index (κ2) is 8.31. The van der Waals surface area contributed by atoms with E-state index in [9.17, 15) is 9.90 Å².